The van der Waals surface area contributed by atoms with Gasteiger partial charge in [-0.25, -0.2) is 14.4 Å². The molecule has 4 saturated carbocycles. The van der Waals surface area contributed by atoms with E-state index in [2.05, 4.69) is 16.3 Å². The van der Waals surface area contributed by atoms with Gasteiger partial charge >= 0.3 is 5.97 Å². The summed E-state index contributed by atoms with van der Waals surface area (Å²) >= 11 is 0.194. The van der Waals surface area contributed by atoms with Gasteiger partial charge in [0.05, 0.1) is 18.6 Å². The fraction of sp³-hybridized carbons (Fsp3) is 0.947. The molecule has 0 aliphatic heterocycles. The SMILES string of the molecule is CCCCCCC(F)(SOOO)C(=O)OCC12CC3CC(CC(C3)C1)C2. The number of esters is 1. The van der Waals surface area contributed by atoms with Gasteiger partial charge < -0.3 is 4.74 Å². The Bertz CT molecular complexity index is 453. The average molecular weight is 391 g/mol. The van der Waals surface area contributed by atoms with Crippen LogP contribution in [0, 0.1) is 23.2 Å². The normalized spacial score (nSPS) is 34.7. The maximum absolute atomic E-state index is 15.1. The van der Waals surface area contributed by atoms with Crippen molar-refractivity contribution in [3.8, 4) is 0 Å². The molecule has 4 rings (SSSR count). The topological polar surface area (TPSA) is 65.0 Å². The van der Waals surface area contributed by atoms with Gasteiger partial charge in [-0.1, -0.05) is 31.2 Å². The lowest BCUT2D eigenvalue weighted by molar-refractivity contribution is -0.432. The van der Waals surface area contributed by atoms with E-state index in [1.165, 1.54) is 19.3 Å². The first kappa shape index (κ1) is 20.4. The van der Waals surface area contributed by atoms with Crippen molar-refractivity contribution in [3.63, 3.8) is 0 Å². The van der Waals surface area contributed by atoms with Gasteiger partial charge in [0.1, 0.15) is 0 Å². The molecule has 1 N–H and O–H groups in total. The smallest absolute Gasteiger partial charge is 0.357 e. The van der Waals surface area contributed by atoms with E-state index < -0.39 is 11.0 Å². The molecular formula is C19H31FO5S. The van der Waals surface area contributed by atoms with Crippen LogP contribution in [-0.4, -0.2) is 22.8 Å². The van der Waals surface area contributed by atoms with Crippen molar-refractivity contribution in [3.05, 3.63) is 0 Å². The van der Waals surface area contributed by atoms with Gasteiger partial charge in [-0.3, -0.25) is 0 Å². The van der Waals surface area contributed by atoms with E-state index in [1.807, 2.05) is 0 Å². The minimum absolute atomic E-state index is 0.0132. The van der Waals surface area contributed by atoms with E-state index in [9.17, 15) is 4.79 Å². The van der Waals surface area contributed by atoms with Crippen molar-refractivity contribution < 1.29 is 28.6 Å². The van der Waals surface area contributed by atoms with Gasteiger partial charge in [-0.05, 0) is 62.7 Å². The summed E-state index contributed by atoms with van der Waals surface area (Å²) in [7, 11) is 0. The van der Waals surface area contributed by atoms with E-state index >= 15 is 4.39 Å². The lowest BCUT2D eigenvalue weighted by Gasteiger charge is -2.56. The molecule has 4 bridgehead atoms. The monoisotopic (exact) mass is 390 g/mol. The highest BCUT2D eigenvalue weighted by Crippen LogP contribution is 2.60. The molecule has 150 valence electrons. The van der Waals surface area contributed by atoms with Crippen LogP contribution in [0.3, 0.4) is 0 Å². The summed E-state index contributed by atoms with van der Waals surface area (Å²) in [5.41, 5.74) is 0.0481. The largest absolute Gasteiger partial charge is 0.462 e. The van der Waals surface area contributed by atoms with Crippen LogP contribution in [0.5, 0.6) is 0 Å². The number of rotatable bonds is 11. The van der Waals surface area contributed by atoms with Gasteiger partial charge in [0.25, 0.3) is 5.00 Å². The molecule has 4 aliphatic rings. The standard InChI is InChI=1S/C19H31FO5S/c1-2-3-4-5-6-19(20,26-25-24-22)17(21)23-13-18-10-14-7-15(11-18)9-16(8-14)12-18/h14-16,22H,2-13H2,1H3. The second-order valence-electron chi connectivity index (χ2n) is 8.76. The highest BCUT2D eigenvalue weighted by atomic mass is 32.2. The molecule has 0 heterocycles. The number of hydrogen-bond acceptors (Lipinski definition) is 6. The van der Waals surface area contributed by atoms with Crippen LogP contribution in [0.25, 0.3) is 0 Å². The molecule has 0 radical (unpaired) electrons. The van der Waals surface area contributed by atoms with Gasteiger partial charge in [0, 0.05) is 11.8 Å². The molecule has 0 spiro atoms. The van der Waals surface area contributed by atoms with Crippen molar-refractivity contribution >= 4 is 18.0 Å². The van der Waals surface area contributed by atoms with Crippen LogP contribution in [0.15, 0.2) is 0 Å². The maximum Gasteiger partial charge on any atom is 0.357 e. The molecule has 0 aromatic heterocycles. The molecule has 7 heteroatoms. The Balaban J connectivity index is 1.55. The fourth-order valence-electron chi connectivity index (χ4n) is 5.82. The minimum Gasteiger partial charge on any atom is -0.462 e. The summed E-state index contributed by atoms with van der Waals surface area (Å²) in [6.45, 7) is 2.37. The molecule has 5 nitrogen and oxygen atoms in total. The third-order valence-electron chi connectivity index (χ3n) is 6.53. The molecule has 0 aromatic rings. The third kappa shape index (κ3) is 4.72. The van der Waals surface area contributed by atoms with E-state index in [1.54, 1.807) is 0 Å². The van der Waals surface area contributed by atoms with Crippen molar-refractivity contribution in [2.45, 2.75) is 82.6 Å². The van der Waals surface area contributed by atoms with Crippen molar-refractivity contribution in [1.29, 1.82) is 0 Å². The number of hydrogen-bond donors (Lipinski definition) is 1. The number of unbranched alkanes of at least 4 members (excludes halogenated alkanes) is 3. The first-order valence-electron chi connectivity index (χ1n) is 10.0. The molecule has 0 saturated heterocycles. The van der Waals surface area contributed by atoms with E-state index in [0.717, 1.165) is 56.3 Å². The van der Waals surface area contributed by atoms with E-state index in [0.29, 0.717) is 13.0 Å². The number of alkyl halides is 1. The lowest BCUT2D eigenvalue weighted by Crippen LogP contribution is -2.49. The summed E-state index contributed by atoms with van der Waals surface area (Å²) in [5.74, 6) is 1.35. The van der Waals surface area contributed by atoms with Crippen molar-refractivity contribution in [2.75, 3.05) is 6.61 Å². The summed E-state index contributed by atoms with van der Waals surface area (Å²) in [6.07, 6.45) is 10.6. The molecule has 0 aromatic carbocycles. The average Bonchev–Trinajstić information content (AvgIpc) is 2.60. The van der Waals surface area contributed by atoms with Crippen molar-refractivity contribution in [1.82, 2.24) is 0 Å². The van der Waals surface area contributed by atoms with Gasteiger partial charge in [-0.2, -0.15) is 0 Å². The summed E-state index contributed by atoms with van der Waals surface area (Å²) in [5, 5.41) is 9.50. The third-order valence-corrected chi connectivity index (χ3v) is 7.29. The molecule has 4 fully saturated rings. The summed E-state index contributed by atoms with van der Waals surface area (Å²) in [4.78, 5) is 12.5. The Kier molecular flexibility index (Phi) is 6.86. The zero-order chi connectivity index (χ0) is 18.6. The zero-order valence-electron chi connectivity index (χ0n) is 15.6. The highest BCUT2D eigenvalue weighted by Gasteiger charge is 2.52. The second-order valence-corrected chi connectivity index (χ2v) is 9.71. The predicted molar refractivity (Wildman–Crippen MR) is 96.6 cm³/mol. The van der Waals surface area contributed by atoms with Crippen molar-refractivity contribution in [2.24, 2.45) is 23.2 Å². The predicted octanol–water partition coefficient (Wildman–Crippen LogP) is 5.45. The van der Waals surface area contributed by atoms with Crippen LogP contribution in [0.2, 0.25) is 0 Å². The first-order valence-corrected chi connectivity index (χ1v) is 10.7. The van der Waals surface area contributed by atoms with Crippen LogP contribution in [0.4, 0.5) is 4.39 Å². The van der Waals surface area contributed by atoms with Gasteiger partial charge in [-0.15, -0.1) is 4.33 Å². The van der Waals surface area contributed by atoms with E-state index in [4.69, 9.17) is 9.99 Å². The highest BCUT2D eigenvalue weighted by molar-refractivity contribution is 7.96. The number of carbonyl (C=O) groups excluding carboxylic acids is 1. The fourth-order valence-corrected chi connectivity index (χ4v) is 6.31. The quantitative estimate of drug-likeness (QED) is 0.166. The minimum atomic E-state index is -2.35. The Morgan fingerprint density at radius 3 is 2.31 bits per heavy atom. The number of ether oxygens (including phenoxy) is 1. The molecule has 1 unspecified atom stereocenters. The molecule has 1 atom stereocenters. The Hall–Kier alpha value is -0.370. The Morgan fingerprint density at radius 1 is 1.15 bits per heavy atom. The first-order chi connectivity index (χ1) is 12.5. The Morgan fingerprint density at radius 2 is 1.77 bits per heavy atom. The lowest BCUT2D eigenvalue weighted by atomic mass is 9.50. The second kappa shape index (κ2) is 8.76. The molecule has 4 aliphatic carbocycles. The maximum atomic E-state index is 15.1. The molecule has 0 amide bonds. The molecular weight excluding hydrogens is 359 g/mol. The molecule has 26 heavy (non-hydrogen) atoms. The van der Waals surface area contributed by atoms with Crippen LogP contribution >= 0.6 is 12.0 Å². The van der Waals surface area contributed by atoms with E-state index in [-0.39, 0.29) is 23.9 Å². The summed E-state index contributed by atoms with van der Waals surface area (Å²) < 4.78 is 24.9. The van der Waals surface area contributed by atoms with Gasteiger partial charge in [0.15, 0.2) is 0 Å². The van der Waals surface area contributed by atoms with Crippen LogP contribution in [-0.2, 0) is 18.9 Å². The van der Waals surface area contributed by atoms with Crippen LogP contribution < -0.4 is 0 Å². The zero-order valence-corrected chi connectivity index (χ0v) is 16.4. The Labute approximate surface area is 159 Å². The number of carbonyl (C=O) groups is 1. The van der Waals surface area contributed by atoms with Gasteiger partial charge in [0.2, 0.25) is 0 Å². The summed E-state index contributed by atoms with van der Waals surface area (Å²) in [6, 6.07) is 0. The number of halogens is 1. The van der Waals surface area contributed by atoms with Crippen LogP contribution in [0.1, 0.15) is 77.6 Å².